The van der Waals surface area contributed by atoms with Gasteiger partial charge in [-0.15, -0.1) is 0 Å². The highest BCUT2D eigenvalue weighted by Gasteiger charge is 2.15. The first-order valence-corrected chi connectivity index (χ1v) is 9.42. The number of hydrogen-bond donors (Lipinski definition) is 3. The number of halogens is 1. The number of nitrogens with zero attached hydrogens (tertiary/aromatic N) is 1. The van der Waals surface area contributed by atoms with E-state index in [0.717, 1.165) is 13.1 Å². The van der Waals surface area contributed by atoms with Gasteiger partial charge in [0.2, 0.25) is 0 Å². The van der Waals surface area contributed by atoms with Gasteiger partial charge in [0.15, 0.2) is 5.96 Å². The minimum Gasteiger partial charge on any atom is -0.491 e. The molecule has 1 saturated heterocycles. The van der Waals surface area contributed by atoms with Crippen LogP contribution in [0.5, 0.6) is 5.75 Å². The maximum atomic E-state index is 12.8. The fraction of sp³-hybridized carbons (Fsp3) is 0.588. The minimum absolute atomic E-state index is 0.118. The fourth-order valence-electron chi connectivity index (χ4n) is 2.33. The van der Waals surface area contributed by atoms with Crippen molar-refractivity contribution in [2.45, 2.75) is 31.1 Å². The summed E-state index contributed by atoms with van der Waals surface area (Å²) in [6.45, 7) is 4.03. The third kappa shape index (κ3) is 6.97. The Hall–Kier alpha value is -1.47. The number of aliphatic hydroxyl groups is 1. The highest BCUT2D eigenvalue weighted by atomic mass is 32.2. The number of nitrogens with one attached hydrogen (secondary N) is 2. The van der Waals surface area contributed by atoms with Crippen molar-refractivity contribution in [3.05, 3.63) is 30.1 Å². The number of guanidine groups is 1. The van der Waals surface area contributed by atoms with E-state index >= 15 is 0 Å². The Morgan fingerprint density at radius 2 is 2.21 bits per heavy atom. The Morgan fingerprint density at radius 1 is 1.42 bits per heavy atom. The topological polar surface area (TPSA) is 65.9 Å². The molecular formula is C17H26FN3O2S. The van der Waals surface area contributed by atoms with Crippen LogP contribution in [0, 0.1) is 5.82 Å². The van der Waals surface area contributed by atoms with E-state index in [1.165, 1.54) is 42.9 Å². The van der Waals surface area contributed by atoms with Crippen molar-refractivity contribution < 1.29 is 14.2 Å². The van der Waals surface area contributed by atoms with E-state index in [4.69, 9.17) is 4.74 Å². The predicted octanol–water partition coefficient (Wildman–Crippen LogP) is 2.02. The summed E-state index contributed by atoms with van der Waals surface area (Å²) < 4.78 is 18.2. The quantitative estimate of drug-likeness (QED) is 0.492. The van der Waals surface area contributed by atoms with Crippen LogP contribution in [-0.2, 0) is 0 Å². The zero-order valence-electron chi connectivity index (χ0n) is 14.0. The third-order valence-electron chi connectivity index (χ3n) is 3.58. The van der Waals surface area contributed by atoms with Crippen LogP contribution < -0.4 is 15.4 Å². The highest BCUT2D eigenvalue weighted by Crippen LogP contribution is 2.25. The number of ether oxygens (including phenoxy) is 1. The van der Waals surface area contributed by atoms with Gasteiger partial charge in [0.25, 0.3) is 0 Å². The number of rotatable bonds is 8. The molecule has 2 atom stereocenters. The van der Waals surface area contributed by atoms with Gasteiger partial charge in [0.05, 0.1) is 6.54 Å². The Labute approximate surface area is 147 Å². The standard InChI is InChI=1S/C17H26FN3O2S/c1-2-19-17(21-11-16-4-3-9-24-16)20-10-14(22)12-23-15-7-5-13(18)6-8-15/h5-8,14,16,22H,2-4,9-12H2,1H3,(H2,19,20,21). The van der Waals surface area contributed by atoms with Crippen molar-refractivity contribution in [3.8, 4) is 5.75 Å². The van der Waals surface area contributed by atoms with Crippen LogP contribution in [-0.4, -0.2) is 54.4 Å². The largest absolute Gasteiger partial charge is 0.491 e. The zero-order valence-corrected chi connectivity index (χ0v) is 14.8. The lowest BCUT2D eigenvalue weighted by atomic mass is 10.2. The molecule has 2 rings (SSSR count). The molecule has 1 heterocycles. The number of hydrogen-bond acceptors (Lipinski definition) is 4. The van der Waals surface area contributed by atoms with Gasteiger partial charge in [-0.05, 0) is 49.8 Å². The molecular weight excluding hydrogens is 329 g/mol. The normalized spacial score (nSPS) is 19.1. The second-order valence-electron chi connectivity index (χ2n) is 5.65. The van der Waals surface area contributed by atoms with E-state index in [2.05, 4.69) is 15.6 Å². The van der Waals surface area contributed by atoms with E-state index in [0.29, 0.717) is 17.0 Å². The summed E-state index contributed by atoms with van der Waals surface area (Å²) >= 11 is 1.99. The molecule has 2 unspecified atom stereocenters. The molecule has 0 bridgehead atoms. The van der Waals surface area contributed by atoms with Crippen LogP contribution in [0.1, 0.15) is 19.8 Å². The second-order valence-corrected chi connectivity index (χ2v) is 7.06. The van der Waals surface area contributed by atoms with Gasteiger partial charge >= 0.3 is 0 Å². The lowest BCUT2D eigenvalue weighted by molar-refractivity contribution is 0.114. The Bertz CT molecular complexity index is 507. The molecule has 0 aromatic heterocycles. The number of aliphatic imine (C=N–C) groups is 1. The summed E-state index contributed by atoms with van der Waals surface area (Å²) in [5, 5.41) is 17.1. The number of thioether (sulfide) groups is 1. The van der Waals surface area contributed by atoms with Crippen LogP contribution in [0.4, 0.5) is 4.39 Å². The molecule has 1 aliphatic rings. The van der Waals surface area contributed by atoms with E-state index < -0.39 is 6.10 Å². The van der Waals surface area contributed by atoms with Crippen LogP contribution in [0.15, 0.2) is 29.3 Å². The summed E-state index contributed by atoms with van der Waals surface area (Å²) in [5.41, 5.74) is 0. The summed E-state index contributed by atoms with van der Waals surface area (Å²) in [7, 11) is 0. The maximum Gasteiger partial charge on any atom is 0.191 e. The smallest absolute Gasteiger partial charge is 0.191 e. The Balaban J connectivity index is 1.73. The third-order valence-corrected chi connectivity index (χ3v) is 4.98. The van der Waals surface area contributed by atoms with Crippen LogP contribution >= 0.6 is 11.8 Å². The highest BCUT2D eigenvalue weighted by molar-refractivity contribution is 8.00. The summed E-state index contributed by atoms with van der Waals surface area (Å²) in [5.74, 6) is 2.17. The molecule has 1 fully saturated rings. The molecule has 1 aliphatic heterocycles. The molecule has 5 nitrogen and oxygen atoms in total. The zero-order chi connectivity index (χ0) is 17.2. The molecule has 0 radical (unpaired) electrons. The molecule has 0 aliphatic carbocycles. The van der Waals surface area contributed by atoms with Crippen molar-refractivity contribution in [1.29, 1.82) is 0 Å². The number of aliphatic hydroxyl groups excluding tert-OH is 1. The van der Waals surface area contributed by atoms with Crippen molar-refractivity contribution in [2.75, 3.05) is 32.0 Å². The van der Waals surface area contributed by atoms with Crippen LogP contribution in [0.3, 0.4) is 0 Å². The first kappa shape index (κ1) is 18.9. The predicted molar refractivity (Wildman–Crippen MR) is 97.4 cm³/mol. The molecule has 0 amide bonds. The Morgan fingerprint density at radius 3 is 2.88 bits per heavy atom. The molecule has 0 spiro atoms. The van der Waals surface area contributed by atoms with Gasteiger partial charge in [0.1, 0.15) is 24.3 Å². The van der Waals surface area contributed by atoms with E-state index in [9.17, 15) is 9.50 Å². The first-order chi connectivity index (χ1) is 11.7. The average molecular weight is 355 g/mol. The molecule has 7 heteroatoms. The minimum atomic E-state index is -0.716. The van der Waals surface area contributed by atoms with Gasteiger partial charge in [-0.1, -0.05) is 0 Å². The fourth-order valence-corrected chi connectivity index (χ4v) is 3.53. The molecule has 1 aromatic rings. The van der Waals surface area contributed by atoms with Gasteiger partial charge in [-0.2, -0.15) is 11.8 Å². The summed E-state index contributed by atoms with van der Waals surface area (Å²) in [6.07, 6.45) is 1.81. The average Bonchev–Trinajstić information content (AvgIpc) is 3.10. The molecule has 134 valence electrons. The van der Waals surface area contributed by atoms with Crippen molar-refractivity contribution in [1.82, 2.24) is 10.6 Å². The van der Waals surface area contributed by atoms with Crippen LogP contribution in [0.25, 0.3) is 0 Å². The monoisotopic (exact) mass is 355 g/mol. The van der Waals surface area contributed by atoms with Gasteiger partial charge in [-0.25, -0.2) is 4.39 Å². The molecule has 24 heavy (non-hydrogen) atoms. The first-order valence-electron chi connectivity index (χ1n) is 8.37. The Kier molecular flexibility index (Phi) is 8.18. The number of benzene rings is 1. The van der Waals surface area contributed by atoms with E-state index in [-0.39, 0.29) is 19.0 Å². The SMILES string of the molecule is CCNC(=NCC(O)COc1ccc(F)cc1)NCC1CCCS1. The second kappa shape index (κ2) is 10.4. The molecule has 0 saturated carbocycles. The lowest BCUT2D eigenvalue weighted by Gasteiger charge is -2.15. The summed E-state index contributed by atoms with van der Waals surface area (Å²) in [4.78, 5) is 4.40. The molecule has 1 aromatic carbocycles. The van der Waals surface area contributed by atoms with Crippen molar-refractivity contribution in [3.63, 3.8) is 0 Å². The van der Waals surface area contributed by atoms with Gasteiger partial charge in [-0.3, -0.25) is 4.99 Å². The van der Waals surface area contributed by atoms with Crippen molar-refractivity contribution in [2.24, 2.45) is 4.99 Å². The molecule has 3 N–H and O–H groups in total. The van der Waals surface area contributed by atoms with Gasteiger partial charge < -0.3 is 20.5 Å². The summed E-state index contributed by atoms with van der Waals surface area (Å²) in [6, 6.07) is 5.73. The van der Waals surface area contributed by atoms with Crippen LogP contribution in [0.2, 0.25) is 0 Å². The lowest BCUT2D eigenvalue weighted by Crippen LogP contribution is -2.40. The maximum absolute atomic E-state index is 12.8. The van der Waals surface area contributed by atoms with Gasteiger partial charge in [0, 0.05) is 18.3 Å². The van der Waals surface area contributed by atoms with E-state index in [1.807, 2.05) is 18.7 Å². The van der Waals surface area contributed by atoms with E-state index in [1.54, 1.807) is 0 Å². The van der Waals surface area contributed by atoms with Crippen molar-refractivity contribution >= 4 is 17.7 Å².